The molecule has 8 nitrogen and oxygen atoms in total. The molecule has 0 aliphatic heterocycles. The van der Waals surface area contributed by atoms with Crippen LogP contribution in [0.25, 0.3) is 0 Å². The highest BCUT2D eigenvalue weighted by Crippen LogP contribution is 2.20. The molecule has 0 bridgehead atoms. The Morgan fingerprint density at radius 3 is 2.38 bits per heavy atom. The number of carbonyl (C=O) groups is 2. The summed E-state index contributed by atoms with van der Waals surface area (Å²) in [7, 11) is -3.78. The van der Waals surface area contributed by atoms with Gasteiger partial charge in [0.1, 0.15) is 6.04 Å². The van der Waals surface area contributed by atoms with E-state index in [1.165, 1.54) is 41.8 Å². The lowest BCUT2D eigenvalue weighted by atomic mass is 10.0. The second kappa shape index (κ2) is 9.92. The zero-order valence-corrected chi connectivity index (χ0v) is 19.5. The molecule has 0 saturated heterocycles. The van der Waals surface area contributed by atoms with Crippen LogP contribution in [0.3, 0.4) is 0 Å². The Morgan fingerprint density at radius 2 is 1.78 bits per heavy atom. The molecule has 1 aromatic heterocycles. The Labute approximate surface area is 191 Å². The summed E-state index contributed by atoms with van der Waals surface area (Å²) in [6, 6.07) is 12.1. The molecule has 2 amide bonds. The van der Waals surface area contributed by atoms with E-state index in [0.29, 0.717) is 11.3 Å². The van der Waals surface area contributed by atoms with E-state index in [9.17, 15) is 18.0 Å². The van der Waals surface area contributed by atoms with Crippen molar-refractivity contribution >= 4 is 44.0 Å². The predicted molar refractivity (Wildman–Crippen MR) is 125 cm³/mol. The molecule has 3 aromatic rings. The van der Waals surface area contributed by atoms with Crippen molar-refractivity contribution in [3.63, 3.8) is 0 Å². The fourth-order valence-corrected chi connectivity index (χ4v) is 4.72. The summed E-state index contributed by atoms with van der Waals surface area (Å²) >= 11 is 1.17. The zero-order chi connectivity index (χ0) is 23.3. The zero-order valence-electron chi connectivity index (χ0n) is 17.8. The van der Waals surface area contributed by atoms with Crippen LogP contribution in [-0.4, -0.2) is 31.3 Å². The van der Waals surface area contributed by atoms with Gasteiger partial charge in [-0.3, -0.25) is 14.3 Å². The monoisotopic (exact) mass is 472 g/mol. The molecule has 1 unspecified atom stereocenters. The van der Waals surface area contributed by atoms with Crippen molar-refractivity contribution < 1.29 is 18.0 Å². The van der Waals surface area contributed by atoms with E-state index in [1.807, 2.05) is 26.8 Å². The summed E-state index contributed by atoms with van der Waals surface area (Å²) < 4.78 is 27.3. The summed E-state index contributed by atoms with van der Waals surface area (Å²) in [5.41, 5.74) is 1.84. The lowest BCUT2D eigenvalue weighted by Gasteiger charge is -2.22. The Morgan fingerprint density at radius 1 is 1.06 bits per heavy atom. The van der Waals surface area contributed by atoms with Crippen molar-refractivity contribution in [1.82, 2.24) is 10.3 Å². The molecule has 3 rings (SSSR count). The van der Waals surface area contributed by atoms with Gasteiger partial charge in [-0.15, -0.1) is 11.3 Å². The van der Waals surface area contributed by atoms with Crippen molar-refractivity contribution in [2.75, 3.05) is 10.0 Å². The number of sulfonamides is 1. The van der Waals surface area contributed by atoms with Gasteiger partial charge in [0.25, 0.3) is 15.9 Å². The van der Waals surface area contributed by atoms with E-state index in [2.05, 4.69) is 20.3 Å². The van der Waals surface area contributed by atoms with Gasteiger partial charge in [-0.1, -0.05) is 31.5 Å². The molecule has 0 aliphatic carbocycles. The first kappa shape index (κ1) is 23.4. The third-order valence-corrected chi connectivity index (χ3v) is 6.77. The van der Waals surface area contributed by atoms with Crippen LogP contribution in [0.4, 0.5) is 10.8 Å². The van der Waals surface area contributed by atoms with Crippen molar-refractivity contribution in [3.05, 3.63) is 71.2 Å². The van der Waals surface area contributed by atoms with Gasteiger partial charge < -0.3 is 10.6 Å². The first-order valence-electron chi connectivity index (χ1n) is 9.86. The van der Waals surface area contributed by atoms with E-state index in [-0.39, 0.29) is 21.9 Å². The number of amides is 2. The number of anilines is 2. The molecular weight excluding hydrogens is 448 g/mol. The van der Waals surface area contributed by atoms with Gasteiger partial charge in [-0.05, 0) is 49.2 Å². The Bertz CT molecular complexity index is 1190. The van der Waals surface area contributed by atoms with E-state index in [1.54, 1.807) is 23.6 Å². The highest BCUT2D eigenvalue weighted by atomic mass is 32.2. The van der Waals surface area contributed by atoms with Crippen LogP contribution < -0.4 is 15.4 Å². The quantitative estimate of drug-likeness (QED) is 0.463. The molecule has 0 saturated carbocycles. The minimum absolute atomic E-state index is 0.0406. The highest BCUT2D eigenvalue weighted by molar-refractivity contribution is 7.93. The molecule has 1 heterocycles. The number of aromatic nitrogens is 1. The SMILES string of the molecule is Cc1cccc(C(=O)NC(C(=O)Nc2ccc(S(=O)(=O)Nc3nccs3)cc2)C(C)C)c1. The van der Waals surface area contributed by atoms with E-state index < -0.39 is 22.0 Å². The number of nitrogens with zero attached hydrogens (tertiary/aromatic N) is 1. The molecule has 10 heteroatoms. The van der Waals surface area contributed by atoms with Crippen molar-refractivity contribution in [2.24, 2.45) is 5.92 Å². The van der Waals surface area contributed by atoms with Crippen LogP contribution in [-0.2, 0) is 14.8 Å². The van der Waals surface area contributed by atoms with Crippen LogP contribution in [0, 0.1) is 12.8 Å². The number of hydrogen-bond donors (Lipinski definition) is 3. The second-order valence-electron chi connectivity index (χ2n) is 7.52. The topological polar surface area (TPSA) is 117 Å². The third kappa shape index (κ3) is 5.92. The molecule has 32 heavy (non-hydrogen) atoms. The summed E-state index contributed by atoms with van der Waals surface area (Å²) in [6.07, 6.45) is 1.50. The molecule has 3 N–H and O–H groups in total. The fraction of sp³-hybridized carbons (Fsp3) is 0.227. The maximum atomic E-state index is 12.8. The van der Waals surface area contributed by atoms with Crippen LogP contribution in [0.1, 0.15) is 29.8 Å². The number of rotatable bonds is 8. The summed E-state index contributed by atoms with van der Waals surface area (Å²) in [5.74, 6) is -0.888. The number of hydrogen-bond acceptors (Lipinski definition) is 6. The lowest BCUT2D eigenvalue weighted by Crippen LogP contribution is -2.47. The van der Waals surface area contributed by atoms with Crippen molar-refractivity contribution in [3.8, 4) is 0 Å². The van der Waals surface area contributed by atoms with E-state index in [4.69, 9.17) is 0 Å². The van der Waals surface area contributed by atoms with Gasteiger partial charge >= 0.3 is 0 Å². The first-order valence-corrected chi connectivity index (χ1v) is 12.2. The highest BCUT2D eigenvalue weighted by Gasteiger charge is 2.25. The molecule has 2 aromatic carbocycles. The number of carbonyl (C=O) groups excluding carboxylic acids is 2. The molecule has 168 valence electrons. The molecular formula is C22H24N4O4S2. The first-order chi connectivity index (χ1) is 15.2. The summed E-state index contributed by atoms with van der Waals surface area (Å²) in [4.78, 5) is 29.4. The maximum absolute atomic E-state index is 12.8. The van der Waals surface area contributed by atoms with Crippen LogP contribution in [0.15, 0.2) is 65.0 Å². The van der Waals surface area contributed by atoms with Gasteiger partial charge in [0.15, 0.2) is 5.13 Å². The average Bonchev–Trinajstić information content (AvgIpc) is 3.24. The number of nitrogens with one attached hydrogen (secondary N) is 3. The normalized spacial score (nSPS) is 12.2. The molecule has 1 atom stereocenters. The third-order valence-electron chi connectivity index (χ3n) is 4.60. The lowest BCUT2D eigenvalue weighted by molar-refractivity contribution is -0.118. The molecule has 0 spiro atoms. The van der Waals surface area contributed by atoms with Crippen molar-refractivity contribution in [2.45, 2.75) is 31.7 Å². The van der Waals surface area contributed by atoms with Gasteiger partial charge in [0.05, 0.1) is 4.90 Å². The smallest absolute Gasteiger partial charge is 0.263 e. The Kier molecular flexibility index (Phi) is 7.26. The van der Waals surface area contributed by atoms with Crippen LogP contribution in [0.5, 0.6) is 0 Å². The van der Waals surface area contributed by atoms with Gasteiger partial charge in [-0.2, -0.15) is 0 Å². The maximum Gasteiger partial charge on any atom is 0.263 e. The van der Waals surface area contributed by atoms with Gasteiger partial charge in [-0.25, -0.2) is 13.4 Å². The molecule has 0 aliphatic rings. The predicted octanol–water partition coefficient (Wildman–Crippen LogP) is 3.65. The van der Waals surface area contributed by atoms with Crippen LogP contribution in [0.2, 0.25) is 0 Å². The number of aryl methyl sites for hydroxylation is 1. The summed E-state index contributed by atoms with van der Waals surface area (Å²) in [6.45, 7) is 5.56. The minimum Gasteiger partial charge on any atom is -0.340 e. The average molecular weight is 473 g/mol. The molecule has 0 fully saturated rings. The molecule has 0 radical (unpaired) electrons. The minimum atomic E-state index is -3.78. The largest absolute Gasteiger partial charge is 0.340 e. The van der Waals surface area contributed by atoms with E-state index >= 15 is 0 Å². The van der Waals surface area contributed by atoms with E-state index in [0.717, 1.165) is 5.56 Å². The fourth-order valence-electron chi connectivity index (χ4n) is 2.93. The van der Waals surface area contributed by atoms with Gasteiger partial charge in [0, 0.05) is 22.8 Å². The van der Waals surface area contributed by atoms with Crippen molar-refractivity contribution in [1.29, 1.82) is 0 Å². The Balaban J connectivity index is 1.68. The number of thiazole rings is 1. The number of benzene rings is 2. The van der Waals surface area contributed by atoms with Crippen LogP contribution >= 0.6 is 11.3 Å². The Hall–Kier alpha value is -3.24. The van der Waals surface area contributed by atoms with Gasteiger partial charge in [0.2, 0.25) is 5.91 Å². The standard InChI is InChI=1S/C22H24N4O4S2/c1-14(2)19(25-20(27)16-6-4-5-15(3)13-16)21(28)24-17-7-9-18(10-8-17)32(29,30)26-22-23-11-12-31-22/h4-14,19H,1-3H3,(H,23,26)(H,24,28)(H,25,27). The summed E-state index contributed by atoms with van der Waals surface area (Å²) in [5, 5.41) is 7.45. The second-order valence-corrected chi connectivity index (χ2v) is 10.1.